The fraction of sp³-hybridized carbons (Fsp3) is 0.909. The molecule has 2 N–H and O–H groups in total. The molecule has 16 heavy (non-hydrogen) atoms. The molecule has 2 heterocycles. The van der Waals surface area contributed by atoms with Gasteiger partial charge in [-0.05, 0) is 19.8 Å². The molecule has 0 unspecified atom stereocenters. The van der Waals surface area contributed by atoms with Gasteiger partial charge in [0.15, 0.2) is 0 Å². The number of hydrogen-bond donors (Lipinski definition) is 1. The number of nitrogens with two attached hydrogens (primary N) is 1. The van der Waals surface area contributed by atoms with Gasteiger partial charge in [-0.1, -0.05) is 0 Å². The van der Waals surface area contributed by atoms with Crippen LogP contribution in [0.5, 0.6) is 0 Å². The van der Waals surface area contributed by atoms with Crippen LogP contribution in [0.4, 0.5) is 4.79 Å². The van der Waals surface area contributed by atoms with Crippen LogP contribution in [-0.2, 0) is 9.47 Å². The van der Waals surface area contributed by atoms with E-state index in [1.807, 2.05) is 6.92 Å². The maximum absolute atomic E-state index is 11.5. The molecule has 0 radical (unpaired) electrons. The van der Waals surface area contributed by atoms with Gasteiger partial charge >= 0.3 is 6.09 Å². The average Bonchev–Trinajstić information content (AvgIpc) is 2.62. The Morgan fingerprint density at radius 3 is 2.75 bits per heavy atom. The van der Waals surface area contributed by atoms with E-state index in [2.05, 4.69) is 0 Å². The third kappa shape index (κ3) is 2.01. The molecule has 1 spiro atoms. The molecule has 0 aromatic rings. The van der Waals surface area contributed by atoms with E-state index in [1.54, 1.807) is 4.90 Å². The molecule has 1 amide bonds. The van der Waals surface area contributed by atoms with Crippen LogP contribution < -0.4 is 5.73 Å². The van der Waals surface area contributed by atoms with Crippen molar-refractivity contribution in [2.75, 3.05) is 32.9 Å². The predicted molar refractivity (Wildman–Crippen MR) is 59.1 cm³/mol. The van der Waals surface area contributed by atoms with E-state index in [-0.39, 0.29) is 17.6 Å². The summed E-state index contributed by atoms with van der Waals surface area (Å²) in [4.78, 5) is 13.3. The van der Waals surface area contributed by atoms with E-state index >= 15 is 0 Å². The molecule has 5 heteroatoms. The lowest BCUT2D eigenvalue weighted by atomic mass is 9.75. The van der Waals surface area contributed by atoms with Crippen molar-refractivity contribution in [3.8, 4) is 0 Å². The van der Waals surface area contributed by atoms with Crippen LogP contribution in [0.1, 0.15) is 19.8 Å². The highest BCUT2D eigenvalue weighted by molar-refractivity contribution is 5.67. The van der Waals surface area contributed by atoms with Crippen LogP contribution in [0.25, 0.3) is 0 Å². The summed E-state index contributed by atoms with van der Waals surface area (Å²) in [6.45, 7) is 5.11. The normalized spacial score (nSPS) is 28.4. The number of carbonyl (C=O) groups is 1. The second-order valence-corrected chi connectivity index (χ2v) is 4.67. The number of nitrogens with zero attached hydrogens (tertiary/aromatic N) is 1. The zero-order valence-corrected chi connectivity index (χ0v) is 9.78. The highest BCUT2D eigenvalue weighted by Crippen LogP contribution is 2.38. The molecular formula is C11H20N2O3. The van der Waals surface area contributed by atoms with Gasteiger partial charge in [-0.25, -0.2) is 4.79 Å². The standard InChI is InChI=1S/C11H20N2O3/c1-2-16-10(14)13-5-3-11(4-6-13)8-15-7-9(11)12/h9H,2-8,12H2,1H3/t9-/m1/s1. The maximum Gasteiger partial charge on any atom is 0.409 e. The Hall–Kier alpha value is -0.810. The molecule has 2 rings (SSSR count). The third-order valence-electron chi connectivity index (χ3n) is 3.76. The highest BCUT2D eigenvalue weighted by Gasteiger charge is 2.44. The largest absolute Gasteiger partial charge is 0.450 e. The van der Waals surface area contributed by atoms with Crippen molar-refractivity contribution in [2.45, 2.75) is 25.8 Å². The maximum atomic E-state index is 11.5. The van der Waals surface area contributed by atoms with Crippen LogP contribution in [0.15, 0.2) is 0 Å². The van der Waals surface area contributed by atoms with Gasteiger partial charge in [-0.2, -0.15) is 0 Å². The molecule has 0 aliphatic carbocycles. The van der Waals surface area contributed by atoms with Crippen molar-refractivity contribution < 1.29 is 14.3 Å². The minimum absolute atomic E-state index is 0.100. The number of hydrogen-bond acceptors (Lipinski definition) is 4. The number of piperidine rings is 1. The molecule has 92 valence electrons. The summed E-state index contributed by atoms with van der Waals surface area (Å²) in [5.74, 6) is 0. The van der Waals surface area contributed by atoms with Gasteiger partial charge in [-0.3, -0.25) is 0 Å². The van der Waals surface area contributed by atoms with Crippen molar-refractivity contribution in [3.05, 3.63) is 0 Å². The quantitative estimate of drug-likeness (QED) is 0.713. The van der Waals surface area contributed by atoms with E-state index in [9.17, 15) is 4.79 Å². The van der Waals surface area contributed by atoms with Gasteiger partial charge in [0.1, 0.15) is 0 Å². The number of amides is 1. The van der Waals surface area contributed by atoms with E-state index in [4.69, 9.17) is 15.2 Å². The topological polar surface area (TPSA) is 64.8 Å². The lowest BCUT2D eigenvalue weighted by Gasteiger charge is -2.40. The summed E-state index contributed by atoms with van der Waals surface area (Å²) in [5, 5.41) is 0. The van der Waals surface area contributed by atoms with Crippen LogP contribution in [0.3, 0.4) is 0 Å². The van der Waals surface area contributed by atoms with E-state index in [0.717, 1.165) is 32.5 Å². The molecule has 2 saturated heterocycles. The van der Waals surface area contributed by atoms with Gasteiger partial charge in [0.05, 0.1) is 19.8 Å². The van der Waals surface area contributed by atoms with E-state index in [1.165, 1.54) is 0 Å². The first-order valence-electron chi connectivity index (χ1n) is 5.93. The Balaban J connectivity index is 1.89. The summed E-state index contributed by atoms with van der Waals surface area (Å²) >= 11 is 0. The fourth-order valence-corrected chi connectivity index (χ4v) is 2.54. The molecule has 5 nitrogen and oxygen atoms in total. The van der Waals surface area contributed by atoms with Crippen molar-refractivity contribution in [1.29, 1.82) is 0 Å². The molecule has 0 bridgehead atoms. The Labute approximate surface area is 95.9 Å². The second-order valence-electron chi connectivity index (χ2n) is 4.67. The van der Waals surface area contributed by atoms with Crippen LogP contribution >= 0.6 is 0 Å². The van der Waals surface area contributed by atoms with Crippen molar-refractivity contribution >= 4 is 6.09 Å². The number of rotatable bonds is 1. The smallest absolute Gasteiger partial charge is 0.409 e. The third-order valence-corrected chi connectivity index (χ3v) is 3.76. The fourth-order valence-electron chi connectivity index (χ4n) is 2.54. The Morgan fingerprint density at radius 2 is 2.25 bits per heavy atom. The van der Waals surface area contributed by atoms with Crippen molar-refractivity contribution in [3.63, 3.8) is 0 Å². The molecule has 2 aliphatic heterocycles. The van der Waals surface area contributed by atoms with Gasteiger partial charge in [0.2, 0.25) is 0 Å². The van der Waals surface area contributed by atoms with Crippen LogP contribution in [-0.4, -0.2) is 49.9 Å². The lowest BCUT2D eigenvalue weighted by molar-refractivity contribution is 0.0563. The molecule has 0 saturated carbocycles. The lowest BCUT2D eigenvalue weighted by Crippen LogP contribution is -2.50. The number of ether oxygens (including phenoxy) is 2. The molecule has 0 aromatic heterocycles. The monoisotopic (exact) mass is 228 g/mol. The van der Waals surface area contributed by atoms with Crippen LogP contribution in [0.2, 0.25) is 0 Å². The SMILES string of the molecule is CCOC(=O)N1CCC2(CC1)COC[C@H]2N. The summed E-state index contributed by atoms with van der Waals surface area (Å²) in [6.07, 6.45) is 1.64. The first-order valence-corrected chi connectivity index (χ1v) is 5.93. The predicted octanol–water partition coefficient (Wildman–Crippen LogP) is 0.583. The summed E-state index contributed by atoms with van der Waals surface area (Å²) in [6, 6.07) is 0.122. The summed E-state index contributed by atoms with van der Waals surface area (Å²) in [7, 11) is 0. The van der Waals surface area contributed by atoms with Crippen LogP contribution in [0, 0.1) is 5.41 Å². The summed E-state index contributed by atoms with van der Waals surface area (Å²) < 4.78 is 10.4. The molecule has 2 fully saturated rings. The first-order chi connectivity index (χ1) is 7.68. The minimum Gasteiger partial charge on any atom is -0.450 e. The molecular weight excluding hydrogens is 208 g/mol. The second kappa shape index (κ2) is 4.59. The van der Waals surface area contributed by atoms with Gasteiger partial charge < -0.3 is 20.1 Å². The Bertz CT molecular complexity index is 262. The number of likely N-dealkylation sites (tertiary alicyclic amines) is 1. The molecule has 0 aromatic carbocycles. The summed E-state index contributed by atoms with van der Waals surface area (Å²) in [5.41, 5.74) is 6.17. The molecule has 2 aliphatic rings. The zero-order valence-electron chi connectivity index (χ0n) is 9.78. The van der Waals surface area contributed by atoms with E-state index < -0.39 is 0 Å². The molecule has 1 atom stereocenters. The highest BCUT2D eigenvalue weighted by atomic mass is 16.6. The van der Waals surface area contributed by atoms with Crippen molar-refractivity contribution in [1.82, 2.24) is 4.90 Å². The number of carbonyl (C=O) groups excluding carboxylic acids is 1. The van der Waals surface area contributed by atoms with Gasteiger partial charge in [0, 0.05) is 24.5 Å². The first kappa shape index (κ1) is 11.7. The zero-order chi connectivity index (χ0) is 11.6. The van der Waals surface area contributed by atoms with Gasteiger partial charge in [-0.15, -0.1) is 0 Å². The van der Waals surface area contributed by atoms with E-state index in [0.29, 0.717) is 13.2 Å². The minimum atomic E-state index is -0.204. The Morgan fingerprint density at radius 1 is 1.56 bits per heavy atom. The average molecular weight is 228 g/mol. The van der Waals surface area contributed by atoms with Gasteiger partial charge in [0.25, 0.3) is 0 Å². The van der Waals surface area contributed by atoms with Crippen molar-refractivity contribution in [2.24, 2.45) is 11.1 Å². The Kier molecular flexibility index (Phi) is 3.35.